The summed E-state index contributed by atoms with van der Waals surface area (Å²) >= 11 is 0. The Bertz CT molecular complexity index is 1240. The topological polar surface area (TPSA) is 4.41 Å². The van der Waals surface area contributed by atoms with Gasteiger partial charge in [0.15, 0.2) is 0 Å². The van der Waals surface area contributed by atoms with Gasteiger partial charge in [-0.15, -0.1) is 0 Å². The van der Waals surface area contributed by atoms with Crippen molar-refractivity contribution in [3.63, 3.8) is 0 Å². The molecule has 2 bridgehead atoms. The molecule has 0 radical (unpaired) electrons. The Labute approximate surface area is 152 Å². The van der Waals surface area contributed by atoms with E-state index in [0.29, 0.717) is 0 Å². The van der Waals surface area contributed by atoms with Crippen molar-refractivity contribution < 1.29 is 0 Å². The highest BCUT2D eigenvalue weighted by Gasteiger charge is 2.53. The van der Waals surface area contributed by atoms with E-state index < -0.39 is 0 Å². The number of benzene rings is 2. The molecule has 0 spiro atoms. The predicted molar refractivity (Wildman–Crippen MR) is 106 cm³/mol. The summed E-state index contributed by atoms with van der Waals surface area (Å²) < 4.78 is 2.39. The van der Waals surface area contributed by atoms with E-state index >= 15 is 0 Å². The molecule has 126 valence electrons. The molecule has 0 amide bonds. The van der Waals surface area contributed by atoms with Gasteiger partial charge in [-0.05, 0) is 77.8 Å². The summed E-state index contributed by atoms with van der Waals surface area (Å²) in [6.07, 6.45) is 6.54. The second-order valence-electron chi connectivity index (χ2n) is 8.54. The van der Waals surface area contributed by atoms with Gasteiger partial charge in [-0.2, -0.15) is 0 Å². The maximum absolute atomic E-state index is 2.42. The van der Waals surface area contributed by atoms with Crippen LogP contribution in [0.5, 0.6) is 0 Å². The summed E-state index contributed by atoms with van der Waals surface area (Å²) in [4.78, 5) is 0. The first kappa shape index (κ1) is 13.6. The summed E-state index contributed by atoms with van der Waals surface area (Å²) in [5.41, 5.74) is 7.56. The molecule has 26 heavy (non-hydrogen) atoms. The van der Waals surface area contributed by atoms with Gasteiger partial charge in [0, 0.05) is 16.8 Å². The Kier molecular flexibility index (Phi) is 2.41. The standard InChI is InChI=1S/C25H21N/c1-2-7-18-17(6-1)22-15-11-12-16(14-15)23(22)25(18)24-19-8-3-4-9-20(19)26-13-5-10-21(24)26/h1-10,13,15-16,22-23H,11-12,14H2/b25-24+/t15-,16+,22?,23?/m1/s1. The summed E-state index contributed by atoms with van der Waals surface area (Å²) in [7, 11) is 0. The van der Waals surface area contributed by atoms with Crippen LogP contribution in [0, 0.1) is 17.8 Å². The summed E-state index contributed by atoms with van der Waals surface area (Å²) in [6.45, 7) is 0. The molecule has 2 unspecified atom stereocenters. The Hall–Kier alpha value is -2.54. The molecule has 2 aromatic heterocycles. The fourth-order valence-electron chi connectivity index (χ4n) is 6.78. The van der Waals surface area contributed by atoms with E-state index in [9.17, 15) is 0 Å². The van der Waals surface area contributed by atoms with Gasteiger partial charge < -0.3 is 4.40 Å². The second kappa shape index (κ2) is 4.59. The predicted octanol–water partition coefficient (Wildman–Crippen LogP) is 5.15. The normalized spacial score (nSPS) is 31.1. The van der Waals surface area contributed by atoms with E-state index in [1.165, 1.54) is 40.9 Å². The molecule has 4 atom stereocenters. The van der Waals surface area contributed by atoms with Crippen LogP contribution in [0.25, 0.3) is 22.0 Å². The first-order valence-corrected chi connectivity index (χ1v) is 10.0. The van der Waals surface area contributed by atoms with E-state index in [-0.39, 0.29) is 0 Å². The van der Waals surface area contributed by atoms with Gasteiger partial charge >= 0.3 is 0 Å². The minimum Gasteiger partial charge on any atom is -0.316 e. The van der Waals surface area contributed by atoms with Crippen LogP contribution in [-0.4, -0.2) is 4.40 Å². The highest BCUT2D eigenvalue weighted by molar-refractivity contribution is 5.94. The highest BCUT2D eigenvalue weighted by atomic mass is 14.9. The average molecular weight is 335 g/mol. The van der Waals surface area contributed by atoms with Crippen LogP contribution in [0.15, 0.2) is 66.9 Å². The first-order valence-electron chi connectivity index (χ1n) is 10.0. The fraction of sp³-hybridized carbons (Fsp3) is 0.280. The SMILES string of the molecule is c1ccc2c(c1)/C(=c1/c3ccccc3n3cccc13)C1C2[C@@H]2CC[C@H]1C2. The van der Waals surface area contributed by atoms with Gasteiger partial charge in [0.2, 0.25) is 0 Å². The Morgan fingerprint density at radius 3 is 2.46 bits per heavy atom. The van der Waals surface area contributed by atoms with Crippen LogP contribution >= 0.6 is 0 Å². The van der Waals surface area contributed by atoms with Gasteiger partial charge in [0.05, 0.1) is 11.0 Å². The van der Waals surface area contributed by atoms with E-state index in [0.717, 1.165) is 23.7 Å². The molecule has 3 aliphatic carbocycles. The third-order valence-corrected chi connectivity index (χ3v) is 7.57. The fourth-order valence-corrected chi connectivity index (χ4v) is 6.78. The Morgan fingerprint density at radius 1 is 0.731 bits per heavy atom. The zero-order valence-electron chi connectivity index (χ0n) is 14.7. The minimum atomic E-state index is 0.732. The molecule has 2 aromatic carbocycles. The molecule has 2 saturated carbocycles. The van der Waals surface area contributed by atoms with Crippen molar-refractivity contribution in [3.05, 3.63) is 83.2 Å². The number of hydrogen-bond acceptors (Lipinski definition) is 0. The van der Waals surface area contributed by atoms with Crippen molar-refractivity contribution in [2.75, 3.05) is 0 Å². The number of aromatic nitrogens is 1. The van der Waals surface area contributed by atoms with Crippen LogP contribution < -0.4 is 5.22 Å². The number of rotatable bonds is 0. The van der Waals surface area contributed by atoms with Crippen molar-refractivity contribution in [2.45, 2.75) is 25.2 Å². The first-order chi connectivity index (χ1) is 12.9. The third-order valence-electron chi connectivity index (χ3n) is 7.57. The molecular weight excluding hydrogens is 314 g/mol. The lowest BCUT2D eigenvalue weighted by Crippen LogP contribution is -2.20. The highest BCUT2D eigenvalue weighted by Crippen LogP contribution is 2.64. The largest absolute Gasteiger partial charge is 0.316 e. The summed E-state index contributed by atoms with van der Waals surface area (Å²) in [5.74, 6) is 3.29. The molecule has 2 fully saturated rings. The van der Waals surface area contributed by atoms with Crippen molar-refractivity contribution in [1.29, 1.82) is 0 Å². The number of para-hydroxylation sites is 1. The zero-order valence-corrected chi connectivity index (χ0v) is 14.7. The molecule has 0 saturated heterocycles. The lowest BCUT2D eigenvalue weighted by atomic mass is 9.78. The lowest BCUT2D eigenvalue weighted by molar-refractivity contribution is 0.364. The maximum atomic E-state index is 2.42. The number of fused-ring (bicyclic) bond motifs is 10. The second-order valence-corrected chi connectivity index (χ2v) is 8.54. The summed E-state index contributed by atoms with van der Waals surface area (Å²) in [5, 5.41) is 2.94. The van der Waals surface area contributed by atoms with E-state index in [1.807, 2.05) is 0 Å². The lowest BCUT2D eigenvalue weighted by Gasteiger charge is -2.26. The number of nitrogens with zero attached hydrogens (tertiary/aromatic N) is 1. The average Bonchev–Trinajstić information content (AvgIpc) is 3.46. The molecule has 1 nitrogen and oxygen atoms in total. The van der Waals surface area contributed by atoms with E-state index in [1.54, 1.807) is 16.7 Å². The minimum absolute atomic E-state index is 0.732. The molecule has 0 aliphatic heterocycles. The van der Waals surface area contributed by atoms with Crippen LogP contribution in [0.4, 0.5) is 0 Å². The Morgan fingerprint density at radius 2 is 1.50 bits per heavy atom. The molecule has 3 aliphatic rings. The van der Waals surface area contributed by atoms with Gasteiger partial charge in [0.25, 0.3) is 0 Å². The van der Waals surface area contributed by atoms with Crippen LogP contribution in [0.3, 0.4) is 0 Å². The summed E-state index contributed by atoms with van der Waals surface area (Å²) in [6, 6.07) is 22.8. The van der Waals surface area contributed by atoms with Crippen molar-refractivity contribution >= 4 is 22.0 Å². The zero-order chi connectivity index (χ0) is 16.8. The number of hydrogen-bond donors (Lipinski definition) is 0. The molecule has 0 N–H and O–H groups in total. The van der Waals surface area contributed by atoms with Crippen LogP contribution in [-0.2, 0) is 0 Å². The monoisotopic (exact) mass is 335 g/mol. The van der Waals surface area contributed by atoms with Gasteiger partial charge in [-0.1, -0.05) is 42.5 Å². The quantitative estimate of drug-likeness (QED) is 0.418. The van der Waals surface area contributed by atoms with Crippen molar-refractivity contribution in [1.82, 2.24) is 4.40 Å². The molecule has 4 aromatic rings. The van der Waals surface area contributed by atoms with Crippen LogP contribution in [0.1, 0.15) is 36.3 Å². The maximum Gasteiger partial charge on any atom is 0.0538 e. The van der Waals surface area contributed by atoms with Crippen LogP contribution in [0.2, 0.25) is 0 Å². The third kappa shape index (κ3) is 1.46. The Balaban J connectivity index is 1.72. The van der Waals surface area contributed by atoms with Crippen molar-refractivity contribution in [2.24, 2.45) is 17.8 Å². The van der Waals surface area contributed by atoms with Gasteiger partial charge in [-0.3, -0.25) is 0 Å². The van der Waals surface area contributed by atoms with Crippen molar-refractivity contribution in [3.8, 4) is 0 Å². The smallest absolute Gasteiger partial charge is 0.0538 e. The molecular formula is C25H21N. The molecule has 2 heterocycles. The van der Waals surface area contributed by atoms with E-state index in [4.69, 9.17) is 0 Å². The van der Waals surface area contributed by atoms with Gasteiger partial charge in [0.1, 0.15) is 0 Å². The molecule has 1 heteroatoms. The van der Waals surface area contributed by atoms with Gasteiger partial charge in [-0.25, -0.2) is 0 Å². The van der Waals surface area contributed by atoms with E-state index in [2.05, 4.69) is 71.3 Å². The molecule has 7 rings (SSSR count).